The summed E-state index contributed by atoms with van der Waals surface area (Å²) >= 11 is 3.37. The van der Waals surface area contributed by atoms with E-state index in [0.717, 1.165) is 4.47 Å². The van der Waals surface area contributed by atoms with Crippen LogP contribution in [0.2, 0.25) is 0 Å². The van der Waals surface area contributed by atoms with Crippen molar-refractivity contribution >= 4 is 33.3 Å². The summed E-state index contributed by atoms with van der Waals surface area (Å²) in [5.41, 5.74) is 1.14. The molecule has 0 bridgehead atoms. The molecular weight excluding hydrogens is 332 g/mol. The van der Waals surface area contributed by atoms with Crippen LogP contribution in [0.5, 0.6) is 0 Å². The van der Waals surface area contributed by atoms with Crippen LogP contribution in [0.3, 0.4) is 0 Å². The molecule has 1 aromatic carbocycles. The second kappa shape index (κ2) is 6.86. The third-order valence-corrected chi connectivity index (χ3v) is 3.49. The Bertz CT molecular complexity index is 696. The van der Waals surface area contributed by atoms with Gasteiger partial charge >= 0.3 is 0 Å². The number of benzene rings is 1. The van der Waals surface area contributed by atoms with Crippen molar-refractivity contribution in [1.82, 2.24) is 4.98 Å². The monoisotopic (exact) mass is 344 g/mol. The summed E-state index contributed by atoms with van der Waals surface area (Å²) < 4.78 is 0.816. The zero-order chi connectivity index (χ0) is 15.2. The van der Waals surface area contributed by atoms with Gasteiger partial charge in [-0.3, -0.25) is 4.79 Å². The van der Waals surface area contributed by atoms with Crippen LogP contribution in [0.1, 0.15) is 5.56 Å². The molecule has 0 aliphatic heterocycles. The second-order valence-corrected chi connectivity index (χ2v) is 5.22. The molecule has 0 aliphatic rings. The Morgan fingerprint density at radius 3 is 2.86 bits per heavy atom. The van der Waals surface area contributed by atoms with Gasteiger partial charge in [-0.25, -0.2) is 4.98 Å². The number of nitriles is 1. The van der Waals surface area contributed by atoms with Crippen molar-refractivity contribution in [2.45, 2.75) is 0 Å². The number of carbonyl (C=O) groups is 1. The smallest absolute Gasteiger partial charge is 0.243 e. The van der Waals surface area contributed by atoms with E-state index in [4.69, 9.17) is 5.26 Å². The van der Waals surface area contributed by atoms with Gasteiger partial charge in [0.05, 0.1) is 17.8 Å². The topological polar surface area (TPSA) is 69.0 Å². The van der Waals surface area contributed by atoms with Crippen molar-refractivity contribution in [2.75, 3.05) is 23.8 Å². The number of para-hydroxylation sites is 1. The van der Waals surface area contributed by atoms with Crippen LogP contribution in [0, 0.1) is 11.3 Å². The third-order valence-electron chi connectivity index (χ3n) is 2.80. The van der Waals surface area contributed by atoms with Crippen LogP contribution in [0.25, 0.3) is 0 Å². The van der Waals surface area contributed by atoms with Gasteiger partial charge < -0.3 is 10.2 Å². The van der Waals surface area contributed by atoms with Crippen molar-refractivity contribution in [3.8, 4) is 6.07 Å². The summed E-state index contributed by atoms with van der Waals surface area (Å²) in [7, 11) is 1.72. The lowest BCUT2D eigenvalue weighted by Crippen LogP contribution is -2.31. The summed E-state index contributed by atoms with van der Waals surface area (Å²) in [6.07, 6.45) is 1.60. The van der Waals surface area contributed by atoms with Crippen molar-refractivity contribution in [3.63, 3.8) is 0 Å². The predicted molar refractivity (Wildman–Crippen MR) is 85.0 cm³/mol. The van der Waals surface area contributed by atoms with E-state index in [1.54, 1.807) is 30.3 Å². The van der Waals surface area contributed by atoms with E-state index in [0.29, 0.717) is 17.1 Å². The van der Waals surface area contributed by atoms with Gasteiger partial charge in [-0.05, 0) is 40.2 Å². The van der Waals surface area contributed by atoms with Gasteiger partial charge in [0.25, 0.3) is 0 Å². The van der Waals surface area contributed by atoms with E-state index >= 15 is 0 Å². The van der Waals surface area contributed by atoms with Crippen LogP contribution < -0.4 is 10.2 Å². The molecule has 1 aromatic heterocycles. The third kappa shape index (κ3) is 3.80. The molecule has 2 rings (SSSR count). The fraction of sp³-hybridized carbons (Fsp3) is 0.133. The molecular formula is C15H13BrN4O. The molecule has 106 valence electrons. The minimum atomic E-state index is -0.182. The number of aromatic nitrogens is 1. The minimum absolute atomic E-state index is 0.104. The van der Waals surface area contributed by atoms with Crippen LogP contribution in [0.15, 0.2) is 47.1 Å². The Balaban J connectivity index is 2.06. The Labute approximate surface area is 131 Å². The Hall–Kier alpha value is -2.39. The maximum absolute atomic E-state index is 12.1. The summed E-state index contributed by atoms with van der Waals surface area (Å²) in [5, 5.41) is 11.9. The van der Waals surface area contributed by atoms with Gasteiger partial charge in [-0.1, -0.05) is 12.1 Å². The first-order chi connectivity index (χ1) is 10.1. The first kappa shape index (κ1) is 15.0. The van der Waals surface area contributed by atoms with Gasteiger partial charge in [0.2, 0.25) is 5.91 Å². The molecule has 0 radical (unpaired) electrons. The molecule has 0 spiro atoms. The number of hydrogen-bond acceptors (Lipinski definition) is 4. The summed E-state index contributed by atoms with van der Waals surface area (Å²) in [5.74, 6) is 0.307. The molecule has 1 N–H and O–H groups in total. The average molecular weight is 345 g/mol. The number of likely N-dealkylation sites (N-methyl/N-ethyl adjacent to an activating group) is 1. The highest BCUT2D eigenvalue weighted by Gasteiger charge is 2.13. The summed E-state index contributed by atoms with van der Waals surface area (Å²) in [6, 6.07) is 12.8. The van der Waals surface area contributed by atoms with Gasteiger partial charge in [0.15, 0.2) is 0 Å². The van der Waals surface area contributed by atoms with Crippen molar-refractivity contribution in [1.29, 1.82) is 5.26 Å². The molecule has 0 unspecified atom stereocenters. The maximum atomic E-state index is 12.1. The number of amides is 1. The lowest BCUT2D eigenvalue weighted by atomic mass is 10.2. The number of rotatable bonds is 4. The number of nitrogens with one attached hydrogen (secondary N) is 1. The number of hydrogen-bond donors (Lipinski definition) is 1. The number of nitrogens with zero attached hydrogens (tertiary/aromatic N) is 3. The van der Waals surface area contributed by atoms with E-state index in [1.165, 1.54) is 0 Å². The minimum Gasteiger partial charge on any atom is -0.349 e. The molecule has 0 saturated carbocycles. The number of carbonyl (C=O) groups excluding carboxylic acids is 1. The quantitative estimate of drug-likeness (QED) is 0.925. The fourth-order valence-corrected chi connectivity index (χ4v) is 2.21. The highest BCUT2D eigenvalue weighted by Crippen LogP contribution is 2.21. The van der Waals surface area contributed by atoms with Crippen molar-refractivity contribution in [3.05, 3.63) is 52.6 Å². The standard InChI is InChI=1S/C15H13BrN4O/c1-20(15-11(9-17)5-4-8-18-15)10-14(21)19-13-7-3-2-6-12(13)16/h2-8H,10H2,1H3,(H,19,21). The zero-order valence-electron chi connectivity index (χ0n) is 11.4. The first-order valence-electron chi connectivity index (χ1n) is 6.22. The number of halogens is 1. The van der Waals surface area contributed by atoms with Crippen LogP contribution in [0.4, 0.5) is 11.5 Å². The highest BCUT2D eigenvalue weighted by atomic mass is 79.9. The highest BCUT2D eigenvalue weighted by molar-refractivity contribution is 9.10. The lowest BCUT2D eigenvalue weighted by Gasteiger charge is -2.18. The van der Waals surface area contributed by atoms with E-state index < -0.39 is 0 Å². The Morgan fingerprint density at radius 1 is 1.38 bits per heavy atom. The lowest BCUT2D eigenvalue weighted by molar-refractivity contribution is -0.114. The fourth-order valence-electron chi connectivity index (χ4n) is 1.83. The molecule has 6 heteroatoms. The Kier molecular flexibility index (Phi) is 4.90. The van der Waals surface area contributed by atoms with E-state index in [9.17, 15) is 4.79 Å². The predicted octanol–water partition coefficient (Wildman–Crippen LogP) is 2.79. The second-order valence-electron chi connectivity index (χ2n) is 4.37. The van der Waals surface area contributed by atoms with Crippen LogP contribution in [-0.2, 0) is 4.79 Å². The Morgan fingerprint density at radius 2 is 2.14 bits per heavy atom. The van der Waals surface area contributed by atoms with Gasteiger partial charge in [-0.2, -0.15) is 5.26 Å². The summed E-state index contributed by atoms with van der Waals surface area (Å²) in [6.45, 7) is 0.104. The van der Waals surface area contributed by atoms with Crippen molar-refractivity contribution < 1.29 is 4.79 Å². The normalized spacial score (nSPS) is 9.76. The average Bonchev–Trinajstić information content (AvgIpc) is 2.49. The number of anilines is 2. The molecule has 2 aromatic rings. The van der Waals surface area contributed by atoms with Crippen LogP contribution in [-0.4, -0.2) is 24.5 Å². The SMILES string of the molecule is CN(CC(=O)Nc1ccccc1Br)c1ncccc1C#N. The molecule has 0 saturated heterocycles. The van der Waals surface area contributed by atoms with Gasteiger partial charge in [-0.15, -0.1) is 0 Å². The van der Waals surface area contributed by atoms with Crippen molar-refractivity contribution in [2.24, 2.45) is 0 Å². The van der Waals surface area contributed by atoms with Gasteiger partial charge in [0, 0.05) is 17.7 Å². The van der Waals surface area contributed by atoms with E-state index in [1.807, 2.05) is 24.3 Å². The molecule has 21 heavy (non-hydrogen) atoms. The zero-order valence-corrected chi connectivity index (χ0v) is 13.0. The molecule has 5 nitrogen and oxygen atoms in total. The molecule has 1 amide bonds. The molecule has 1 heterocycles. The van der Waals surface area contributed by atoms with E-state index in [-0.39, 0.29) is 12.5 Å². The molecule has 0 atom stereocenters. The summed E-state index contributed by atoms with van der Waals surface area (Å²) in [4.78, 5) is 17.8. The largest absolute Gasteiger partial charge is 0.349 e. The molecule has 0 fully saturated rings. The van der Waals surface area contributed by atoms with E-state index in [2.05, 4.69) is 32.3 Å². The van der Waals surface area contributed by atoms with Gasteiger partial charge in [0.1, 0.15) is 11.9 Å². The van der Waals surface area contributed by atoms with Crippen LogP contribution >= 0.6 is 15.9 Å². The number of pyridine rings is 1. The molecule has 0 aliphatic carbocycles. The first-order valence-corrected chi connectivity index (χ1v) is 7.01. The maximum Gasteiger partial charge on any atom is 0.243 e.